The number of unbranched alkanes of at least 4 members (excludes halogenated alkanes) is 4. The molecule has 0 amide bonds. The molecular formula is C18H34O3. The monoisotopic (exact) mass is 298 g/mol. The Balaban J connectivity index is 3.45. The van der Waals surface area contributed by atoms with Crippen LogP contribution in [0.5, 0.6) is 0 Å². The number of esters is 1. The Morgan fingerprint density at radius 2 is 1.29 bits per heavy atom. The van der Waals surface area contributed by atoms with Crippen molar-refractivity contribution >= 4 is 11.8 Å². The molecule has 0 spiro atoms. The van der Waals surface area contributed by atoms with Gasteiger partial charge in [-0.15, -0.1) is 0 Å². The molecule has 0 aliphatic carbocycles. The highest BCUT2D eigenvalue weighted by molar-refractivity contribution is 6.33. The summed E-state index contributed by atoms with van der Waals surface area (Å²) in [5, 5.41) is 0. The van der Waals surface area contributed by atoms with Crippen molar-refractivity contribution in [2.75, 3.05) is 6.61 Å². The topological polar surface area (TPSA) is 43.4 Å². The van der Waals surface area contributed by atoms with Crippen LogP contribution in [0.15, 0.2) is 0 Å². The molecule has 124 valence electrons. The van der Waals surface area contributed by atoms with Gasteiger partial charge in [0.15, 0.2) is 0 Å². The van der Waals surface area contributed by atoms with E-state index in [1.165, 1.54) is 19.3 Å². The van der Waals surface area contributed by atoms with Crippen LogP contribution < -0.4 is 0 Å². The second kappa shape index (κ2) is 12.8. The van der Waals surface area contributed by atoms with E-state index in [2.05, 4.69) is 27.7 Å². The number of ether oxygens (including phenoxy) is 1. The van der Waals surface area contributed by atoms with Crippen LogP contribution in [-0.2, 0) is 14.3 Å². The third kappa shape index (κ3) is 13.9. The summed E-state index contributed by atoms with van der Waals surface area (Å²) in [5.41, 5.74) is 0. The molecule has 0 unspecified atom stereocenters. The minimum Gasteiger partial charge on any atom is -0.460 e. The second-order valence-electron chi connectivity index (χ2n) is 6.80. The summed E-state index contributed by atoms with van der Waals surface area (Å²) in [6.07, 6.45) is 8.85. The predicted molar refractivity (Wildman–Crippen MR) is 87.2 cm³/mol. The van der Waals surface area contributed by atoms with Crippen LogP contribution >= 0.6 is 0 Å². The van der Waals surface area contributed by atoms with Gasteiger partial charge in [0, 0.05) is 6.42 Å². The summed E-state index contributed by atoms with van der Waals surface area (Å²) in [7, 11) is 0. The Bertz CT molecular complexity index is 282. The minimum atomic E-state index is -0.637. The molecule has 0 fully saturated rings. The van der Waals surface area contributed by atoms with E-state index < -0.39 is 5.97 Å². The molecule has 0 saturated carbocycles. The van der Waals surface area contributed by atoms with Gasteiger partial charge < -0.3 is 4.74 Å². The summed E-state index contributed by atoms with van der Waals surface area (Å²) >= 11 is 0. The van der Waals surface area contributed by atoms with Crippen LogP contribution in [0.25, 0.3) is 0 Å². The second-order valence-corrected chi connectivity index (χ2v) is 6.80. The smallest absolute Gasteiger partial charge is 0.374 e. The molecule has 0 atom stereocenters. The molecule has 0 rings (SSSR count). The SMILES string of the molecule is CC(C)CCCCCCOC(=O)C(=O)CCCCC(C)C. The van der Waals surface area contributed by atoms with Gasteiger partial charge in [0.1, 0.15) is 0 Å². The lowest BCUT2D eigenvalue weighted by molar-refractivity contribution is -0.154. The van der Waals surface area contributed by atoms with Crippen LogP contribution in [-0.4, -0.2) is 18.4 Å². The van der Waals surface area contributed by atoms with Gasteiger partial charge in [-0.2, -0.15) is 0 Å². The molecule has 21 heavy (non-hydrogen) atoms. The highest BCUT2D eigenvalue weighted by atomic mass is 16.5. The fourth-order valence-corrected chi connectivity index (χ4v) is 2.19. The normalized spacial score (nSPS) is 11.1. The summed E-state index contributed by atoms with van der Waals surface area (Å²) in [4.78, 5) is 23.0. The summed E-state index contributed by atoms with van der Waals surface area (Å²) in [6, 6.07) is 0. The van der Waals surface area contributed by atoms with Crippen molar-refractivity contribution in [3.63, 3.8) is 0 Å². The number of hydrogen-bond acceptors (Lipinski definition) is 3. The van der Waals surface area contributed by atoms with Gasteiger partial charge in [0.2, 0.25) is 5.78 Å². The zero-order valence-electron chi connectivity index (χ0n) is 14.5. The molecular weight excluding hydrogens is 264 g/mol. The summed E-state index contributed by atoms with van der Waals surface area (Å²) < 4.78 is 5.02. The first-order valence-electron chi connectivity index (χ1n) is 8.63. The fourth-order valence-electron chi connectivity index (χ4n) is 2.19. The molecule has 0 heterocycles. The van der Waals surface area contributed by atoms with Crippen LogP contribution in [0.4, 0.5) is 0 Å². The Hall–Kier alpha value is -0.860. The van der Waals surface area contributed by atoms with Crippen molar-refractivity contribution in [1.29, 1.82) is 0 Å². The van der Waals surface area contributed by atoms with E-state index >= 15 is 0 Å². The molecule has 0 bridgehead atoms. The zero-order chi connectivity index (χ0) is 16.1. The molecule has 0 saturated heterocycles. The van der Waals surface area contributed by atoms with E-state index in [1.54, 1.807) is 0 Å². The molecule has 0 aromatic heterocycles. The van der Waals surface area contributed by atoms with Gasteiger partial charge in [-0.1, -0.05) is 66.2 Å². The van der Waals surface area contributed by atoms with Crippen molar-refractivity contribution < 1.29 is 14.3 Å². The van der Waals surface area contributed by atoms with Gasteiger partial charge in [0.05, 0.1) is 6.61 Å². The van der Waals surface area contributed by atoms with Crippen molar-refractivity contribution in [3.8, 4) is 0 Å². The highest BCUT2D eigenvalue weighted by Crippen LogP contribution is 2.10. The number of Topliss-reactive ketones (excluding diaryl/α,β-unsaturated/α-hetero) is 1. The van der Waals surface area contributed by atoms with Crippen LogP contribution in [0.2, 0.25) is 0 Å². The van der Waals surface area contributed by atoms with Crippen molar-refractivity contribution in [2.45, 2.75) is 85.5 Å². The number of ketones is 1. The number of rotatable bonds is 13. The minimum absolute atomic E-state index is 0.333. The molecule has 3 heteroatoms. The maximum Gasteiger partial charge on any atom is 0.374 e. The largest absolute Gasteiger partial charge is 0.460 e. The fraction of sp³-hybridized carbons (Fsp3) is 0.889. The van der Waals surface area contributed by atoms with Gasteiger partial charge in [0.25, 0.3) is 0 Å². The molecule has 3 nitrogen and oxygen atoms in total. The first-order valence-corrected chi connectivity index (χ1v) is 8.63. The lowest BCUT2D eigenvalue weighted by Gasteiger charge is -2.06. The van der Waals surface area contributed by atoms with E-state index in [9.17, 15) is 9.59 Å². The molecule has 0 radical (unpaired) electrons. The summed E-state index contributed by atoms with van der Waals surface area (Å²) in [6.45, 7) is 9.18. The van der Waals surface area contributed by atoms with Crippen molar-refractivity contribution in [3.05, 3.63) is 0 Å². The van der Waals surface area contributed by atoms with E-state index in [0.29, 0.717) is 18.9 Å². The molecule has 0 aliphatic rings. The quantitative estimate of drug-likeness (QED) is 0.275. The van der Waals surface area contributed by atoms with Crippen LogP contribution in [0, 0.1) is 11.8 Å². The summed E-state index contributed by atoms with van der Waals surface area (Å²) in [5.74, 6) is 0.416. The molecule has 0 aliphatic heterocycles. The zero-order valence-corrected chi connectivity index (χ0v) is 14.5. The number of hydrogen-bond donors (Lipinski definition) is 0. The van der Waals surface area contributed by atoms with Crippen LogP contribution in [0.3, 0.4) is 0 Å². The van der Waals surface area contributed by atoms with Crippen molar-refractivity contribution in [2.24, 2.45) is 11.8 Å². The number of carbonyl (C=O) groups is 2. The van der Waals surface area contributed by atoms with Crippen LogP contribution in [0.1, 0.15) is 85.5 Å². The average molecular weight is 298 g/mol. The first-order chi connectivity index (χ1) is 9.93. The van der Waals surface area contributed by atoms with E-state index in [0.717, 1.165) is 38.0 Å². The maximum absolute atomic E-state index is 11.6. The van der Waals surface area contributed by atoms with E-state index in [1.807, 2.05) is 0 Å². The standard InChI is InChI=1S/C18H34O3/c1-15(2)11-7-5-6-10-14-21-18(20)17(19)13-9-8-12-16(3)4/h15-16H,5-14H2,1-4H3. The Kier molecular flexibility index (Phi) is 12.3. The lowest BCUT2D eigenvalue weighted by atomic mass is 10.0. The third-order valence-corrected chi connectivity index (χ3v) is 3.57. The average Bonchev–Trinajstić information content (AvgIpc) is 2.41. The predicted octanol–water partition coefficient (Wildman–Crippen LogP) is 4.92. The van der Waals surface area contributed by atoms with Gasteiger partial charge in [-0.3, -0.25) is 4.79 Å². The molecule has 0 aromatic rings. The van der Waals surface area contributed by atoms with Crippen molar-refractivity contribution in [1.82, 2.24) is 0 Å². The Labute approximate surface area is 130 Å². The maximum atomic E-state index is 11.6. The molecule has 0 aromatic carbocycles. The van der Waals surface area contributed by atoms with Gasteiger partial charge in [-0.05, 0) is 24.7 Å². The number of carbonyl (C=O) groups excluding carboxylic acids is 2. The highest BCUT2D eigenvalue weighted by Gasteiger charge is 2.14. The van der Waals surface area contributed by atoms with Gasteiger partial charge in [-0.25, -0.2) is 4.79 Å². The van der Waals surface area contributed by atoms with E-state index in [4.69, 9.17) is 4.74 Å². The Morgan fingerprint density at radius 3 is 1.86 bits per heavy atom. The van der Waals surface area contributed by atoms with Gasteiger partial charge >= 0.3 is 5.97 Å². The van der Waals surface area contributed by atoms with E-state index in [-0.39, 0.29) is 5.78 Å². The Morgan fingerprint density at radius 1 is 0.762 bits per heavy atom. The first kappa shape index (κ1) is 20.1. The lowest BCUT2D eigenvalue weighted by Crippen LogP contribution is -2.17. The third-order valence-electron chi connectivity index (χ3n) is 3.57. The molecule has 0 N–H and O–H groups in total.